The van der Waals surface area contributed by atoms with E-state index < -0.39 is 30.7 Å². The molecule has 12 heteroatoms. The fourth-order valence-corrected chi connectivity index (χ4v) is 5.78. The molecule has 2 aromatic rings. The van der Waals surface area contributed by atoms with Crippen molar-refractivity contribution in [1.82, 2.24) is 0 Å². The van der Waals surface area contributed by atoms with E-state index in [2.05, 4.69) is 10.2 Å². The van der Waals surface area contributed by atoms with Gasteiger partial charge in [0.2, 0.25) is 0 Å². The first-order chi connectivity index (χ1) is 15.5. The van der Waals surface area contributed by atoms with Gasteiger partial charge in [-0.05, 0) is 53.6 Å². The molecule has 0 aromatic heterocycles. The molecule has 0 atom stereocenters. The van der Waals surface area contributed by atoms with Crippen molar-refractivity contribution in [2.45, 2.75) is 10.5 Å². The summed E-state index contributed by atoms with van der Waals surface area (Å²) in [6.45, 7) is 0. The van der Waals surface area contributed by atoms with Crippen LogP contribution in [0.1, 0.15) is 12.0 Å². The minimum absolute atomic E-state index is 0.131. The first-order valence-corrected chi connectivity index (χ1v) is 12.3. The third kappa shape index (κ3) is 5.20. The van der Waals surface area contributed by atoms with Gasteiger partial charge in [-0.3, -0.25) is 9.11 Å². The smallest absolute Gasteiger partial charge is 0.292 e. The summed E-state index contributed by atoms with van der Waals surface area (Å²) in [7, 11) is -9.02. The van der Waals surface area contributed by atoms with E-state index in [9.17, 15) is 25.9 Å². The molecule has 0 aliphatic heterocycles. The second-order valence-corrected chi connectivity index (χ2v) is 10.6. The molecule has 10 nitrogen and oxygen atoms in total. The number of azo groups is 1. The molecule has 0 spiro atoms. The number of allylic oxidation sites excluding steroid dienone is 4. The van der Waals surface area contributed by atoms with E-state index in [0.717, 1.165) is 6.08 Å². The molecule has 0 radical (unpaired) electrons. The molecular formula is C21H21N3O7S2. The van der Waals surface area contributed by atoms with E-state index >= 15 is 0 Å². The molecule has 33 heavy (non-hydrogen) atoms. The van der Waals surface area contributed by atoms with Crippen LogP contribution in [0.3, 0.4) is 0 Å². The van der Waals surface area contributed by atoms with Gasteiger partial charge in [0.15, 0.2) is 0 Å². The van der Waals surface area contributed by atoms with E-state index in [4.69, 9.17) is 10.5 Å². The Morgan fingerprint density at radius 2 is 1.39 bits per heavy atom. The average Bonchev–Trinajstić information content (AvgIpc) is 2.76. The van der Waals surface area contributed by atoms with Crippen molar-refractivity contribution in [3.63, 3.8) is 0 Å². The van der Waals surface area contributed by atoms with Crippen LogP contribution in [0.2, 0.25) is 0 Å². The van der Waals surface area contributed by atoms with E-state index in [-0.39, 0.29) is 11.3 Å². The van der Waals surface area contributed by atoms with Crippen molar-refractivity contribution in [2.24, 2.45) is 16.0 Å². The molecule has 3 rings (SSSR count). The lowest BCUT2D eigenvalue weighted by Crippen LogP contribution is -2.49. The topological polar surface area (TPSA) is 169 Å². The van der Waals surface area contributed by atoms with Crippen LogP contribution in [0.4, 0.5) is 11.4 Å². The van der Waals surface area contributed by atoms with Crippen LogP contribution in [0, 0.1) is 0 Å². The SMILES string of the molecule is COc1ccc(N=Nc2ccc(C=CC3=CC=C(N)CC3(S(=O)(=O)O)S(=O)(=O)O)cc2)cc1. The standard InChI is InChI=1S/C21H21N3O7S2/c1-31-20-12-10-19(11-13-20)24-23-18-8-3-15(4-9-18)2-5-16-6-7-17(22)14-21(16,32(25,26)27)33(28,29)30/h2-13H,14,22H2,1H3,(H,25,26,27)(H,28,29,30). The van der Waals surface area contributed by atoms with Gasteiger partial charge in [-0.2, -0.15) is 27.1 Å². The Kier molecular flexibility index (Phi) is 6.84. The van der Waals surface area contributed by atoms with E-state index in [1.807, 2.05) is 0 Å². The zero-order valence-corrected chi connectivity index (χ0v) is 19.0. The molecule has 0 saturated heterocycles. The van der Waals surface area contributed by atoms with Crippen LogP contribution in [-0.4, -0.2) is 37.1 Å². The summed E-state index contributed by atoms with van der Waals surface area (Å²) in [6, 6.07) is 13.6. The van der Waals surface area contributed by atoms with Crippen LogP contribution < -0.4 is 10.5 Å². The Bertz CT molecular complexity index is 1330. The molecule has 1 aliphatic rings. The predicted octanol–water partition coefficient (Wildman–Crippen LogP) is 3.77. The van der Waals surface area contributed by atoms with Crippen molar-refractivity contribution in [2.75, 3.05) is 7.11 Å². The number of nitrogens with zero attached hydrogens (tertiary/aromatic N) is 2. The van der Waals surface area contributed by atoms with Gasteiger partial charge in [-0.15, -0.1) is 0 Å². The summed E-state index contributed by atoms with van der Waals surface area (Å²) in [5.74, 6) is 0.698. The maximum Gasteiger partial charge on any atom is 0.292 e. The molecule has 0 unspecified atom stereocenters. The first kappa shape index (κ1) is 24.3. The van der Waals surface area contributed by atoms with Gasteiger partial charge in [-0.25, -0.2) is 0 Å². The third-order valence-corrected chi connectivity index (χ3v) is 8.58. The normalized spacial score (nSPS) is 16.6. The number of ether oxygens (including phenoxy) is 1. The summed E-state index contributed by atoms with van der Waals surface area (Å²) in [5, 5.41) is 8.24. The fraction of sp³-hybridized carbons (Fsp3) is 0.143. The third-order valence-electron chi connectivity index (χ3n) is 4.89. The maximum absolute atomic E-state index is 12.0. The Labute approximate surface area is 191 Å². The van der Waals surface area contributed by atoms with Gasteiger partial charge >= 0.3 is 0 Å². The Morgan fingerprint density at radius 1 is 0.879 bits per heavy atom. The monoisotopic (exact) mass is 491 g/mol. The van der Waals surface area contributed by atoms with Crippen molar-refractivity contribution in [1.29, 1.82) is 0 Å². The van der Waals surface area contributed by atoms with Crippen LogP contribution in [0.25, 0.3) is 6.08 Å². The number of hydrogen-bond acceptors (Lipinski definition) is 8. The number of benzene rings is 2. The number of methoxy groups -OCH3 is 1. The second kappa shape index (κ2) is 9.27. The summed E-state index contributed by atoms with van der Waals surface area (Å²) in [6.07, 6.45) is 4.21. The van der Waals surface area contributed by atoms with Crippen LogP contribution in [0.15, 0.2) is 88.3 Å². The van der Waals surface area contributed by atoms with Crippen molar-refractivity contribution in [3.05, 3.63) is 83.6 Å². The van der Waals surface area contributed by atoms with Gasteiger partial charge < -0.3 is 10.5 Å². The van der Waals surface area contributed by atoms with Gasteiger partial charge in [0.1, 0.15) is 5.75 Å². The van der Waals surface area contributed by atoms with Crippen molar-refractivity contribution in [3.8, 4) is 5.75 Å². The largest absolute Gasteiger partial charge is 0.497 e. The highest BCUT2D eigenvalue weighted by Gasteiger charge is 2.57. The quantitative estimate of drug-likeness (QED) is 0.388. The van der Waals surface area contributed by atoms with Crippen LogP contribution in [0.5, 0.6) is 5.75 Å². The summed E-state index contributed by atoms with van der Waals surface area (Å²) in [4.78, 5) is 0. The minimum atomic E-state index is -5.29. The highest BCUT2D eigenvalue weighted by Crippen LogP contribution is 2.40. The highest BCUT2D eigenvalue weighted by molar-refractivity contribution is 8.05. The minimum Gasteiger partial charge on any atom is -0.497 e. The first-order valence-electron chi connectivity index (χ1n) is 9.41. The van der Waals surface area contributed by atoms with Crippen molar-refractivity contribution >= 4 is 37.7 Å². The van der Waals surface area contributed by atoms with Crippen LogP contribution in [-0.2, 0) is 20.2 Å². The zero-order valence-electron chi connectivity index (χ0n) is 17.4. The molecule has 2 aromatic carbocycles. The Balaban J connectivity index is 1.85. The lowest BCUT2D eigenvalue weighted by Gasteiger charge is -2.30. The molecule has 0 fully saturated rings. The molecule has 0 bridgehead atoms. The van der Waals surface area contributed by atoms with E-state index in [1.54, 1.807) is 55.6 Å². The molecule has 0 amide bonds. The fourth-order valence-electron chi connectivity index (χ4n) is 3.15. The second-order valence-electron chi connectivity index (χ2n) is 7.07. The zero-order chi connectivity index (χ0) is 24.3. The maximum atomic E-state index is 12.0. The Hall–Kier alpha value is -3.32. The van der Waals surface area contributed by atoms with Crippen molar-refractivity contribution < 1.29 is 30.7 Å². The van der Waals surface area contributed by atoms with E-state index in [0.29, 0.717) is 22.7 Å². The van der Waals surface area contributed by atoms with Gasteiger partial charge in [0.25, 0.3) is 24.3 Å². The lowest BCUT2D eigenvalue weighted by molar-refractivity contribution is 0.415. The molecular weight excluding hydrogens is 470 g/mol. The Morgan fingerprint density at radius 3 is 1.88 bits per heavy atom. The molecule has 174 valence electrons. The number of hydrogen-bond donors (Lipinski definition) is 3. The lowest BCUT2D eigenvalue weighted by atomic mass is 10.00. The van der Waals surface area contributed by atoms with E-state index in [1.165, 1.54) is 18.2 Å². The number of rotatable bonds is 7. The van der Waals surface area contributed by atoms with Crippen LogP contribution >= 0.6 is 0 Å². The van der Waals surface area contributed by atoms with Gasteiger partial charge in [0, 0.05) is 12.1 Å². The molecule has 1 aliphatic carbocycles. The highest BCUT2D eigenvalue weighted by atomic mass is 32.3. The van der Waals surface area contributed by atoms with Gasteiger partial charge in [0.05, 0.1) is 18.5 Å². The summed E-state index contributed by atoms with van der Waals surface area (Å²) < 4.78 is 69.5. The number of nitrogens with two attached hydrogens (primary N) is 1. The molecule has 4 N–H and O–H groups in total. The summed E-state index contributed by atoms with van der Waals surface area (Å²) >= 11 is 0. The average molecular weight is 492 g/mol. The molecule has 0 saturated carbocycles. The predicted molar refractivity (Wildman–Crippen MR) is 123 cm³/mol. The van der Waals surface area contributed by atoms with Gasteiger partial charge in [-0.1, -0.05) is 30.4 Å². The summed E-state index contributed by atoms with van der Waals surface area (Å²) in [5.41, 5.74) is 6.84. The molecule has 0 heterocycles.